The molecule has 1 unspecified atom stereocenters. The Hall–Kier alpha value is -1.95. The van der Waals surface area contributed by atoms with E-state index in [0.29, 0.717) is 18.8 Å². The third-order valence-electron chi connectivity index (χ3n) is 3.53. The molecular formula is C18H28N2O4. The maximum atomic E-state index is 12.0. The van der Waals surface area contributed by atoms with Crippen LogP contribution >= 0.6 is 0 Å². The van der Waals surface area contributed by atoms with Crippen molar-refractivity contribution in [2.75, 3.05) is 13.2 Å². The van der Waals surface area contributed by atoms with E-state index in [2.05, 4.69) is 10.3 Å². The summed E-state index contributed by atoms with van der Waals surface area (Å²) in [6.07, 6.45) is 3.13. The summed E-state index contributed by atoms with van der Waals surface area (Å²) in [6, 6.07) is 3.40. The van der Waals surface area contributed by atoms with Crippen molar-refractivity contribution < 1.29 is 19.1 Å². The number of amides is 1. The molecule has 6 heteroatoms. The zero-order chi connectivity index (χ0) is 17.9. The molecule has 0 aromatic carbocycles. The number of nitrogens with zero attached hydrogens (tertiary/aromatic N) is 1. The van der Waals surface area contributed by atoms with Gasteiger partial charge in [-0.15, -0.1) is 0 Å². The van der Waals surface area contributed by atoms with E-state index in [4.69, 9.17) is 9.47 Å². The van der Waals surface area contributed by atoms with Gasteiger partial charge in [-0.3, -0.25) is 14.6 Å². The van der Waals surface area contributed by atoms with E-state index < -0.39 is 5.97 Å². The summed E-state index contributed by atoms with van der Waals surface area (Å²) in [6.45, 7) is 8.87. The molecule has 1 aromatic heterocycles. The molecular weight excluding hydrogens is 308 g/mol. The third-order valence-corrected chi connectivity index (χ3v) is 3.53. The Kier molecular flexibility index (Phi) is 9.01. The van der Waals surface area contributed by atoms with Gasteiger partial charge < -0.3 is 14.8 Å². The van der Waals surface area contributed by atoms with Crippen LogP contribution in [-0.4, -0.2) is 36.1 Å². The Morgan fingerprint density at radius 2 is 2.00 bits per heavy atom. The quantitative estimate of drug-likeness (QED) is 0.665. The highest BCUT2D eigenvalue weighted by atomic mass is 16.5. The molecule has 24 heavy (non-hydrogen) atoms. The summed E-state index contributed by atoms with van der Waals surface area (Å²) in [5, 5.41) is 2.56. The highest BCUT2D eigenvalue weighted by Gasteiger charge is 2.18. The van der Waals surface area contributed by atoms with Gasteiger partial charge in [0.1, 0.15) is 12.6 Å². The Labute approximate surface area is 143 Å². The van der Waals surface area contributed by atoms with Crippen LogP contribution in [-0.2, 0) is 20.9 Å². The predicted molar refractivity (Wildman–Crippen MR) is 91.5 cm³/mol. The first-order chi connectivity index (χ1) is 11.5. The number of hydrogen-bond donors (Lipinski definition) is 1. The van der Waals surface area contributed by atoms with Crippen LogP contribution in [0.25, 0.3) is 0 Å². The van der Waals surface area contributed by atoms with Crippen LogP contribution in [0.5, 0.6) is 0 Å². The number of ether oxygens (including phenoxy) is 2. The smallest absolute Gasteiger partial charge is 0.325 e. The summed E-state index contributed by atoms with van der Waals surface area (Å²) in [5.74, 6) is -0.512. The van der Waals surface area contributed by atoms with E-state index in [-0.39, 0.29) is 24.5 Å². The summed E-state index contributed by atoms with van der Waals surface area (Å²) in [7, 11) is 0. The van der Waals surface area contributed by atoms with Gasteiger partial charge in [0.15, 0.2) is 0 Å². The number of rotatable bonds is 10. The lowest BCUT2D eigenvalue weighted by molar-refractivity contribution is -0.150. The molecule has 0 bridgehead atoms. The first-order valence-electron chi connectivity index (χ1n) is 8.48. The van der Waals surface area contributed by atoms with Crippen molar-refractivity contribution in [3.63, 3.8) is 0 Å². The largest absolute Gasteiger partial charge is 0.461 e. The Morgan fingerprint density at radius 3 is 2.54 bits per heavy atom. The average molecular weight is 336 g/mol. The molecule has 0 aliphatic heterocycles. The zero-order valence-electron chi connectivity index (χ0n) is 15.0. The fraction of sp³-hybridized carbons (Fsp3) is 0.611. The molecule has 0 radical (unpaired) electrons. The molecule has 1 N–H and O–H groups in total. The number of nitrogens with one attached hydrogen (secondary N) is 1. The van der Waals surface area contributed by atoms with E-state index in [0.717, 1.165) is 18.5 Å². The molecule has 134 valence electrons. The zero-order valence-corrected chi connectivity index (χ0v) is 15.0. The maximum absolute atomic E-state index is 12.0. The minimum atomic E-state index is -0.420. The summed E-state index contributed by atoms with van der Waals surface area (Å²) in [5.41, 5.74) is 1.16. The minimum absolute atomic E-state index is 0.112. The highest BCUT2D eigenvalue weighted by Crippen LogP contribution is 2.12. The third kappa shape index (κ3) is 7.08. The Morgan fingerprint density at radius 1 is 1.25 bits per heavy atom. The number of esters is 1. The summed E-state index contributed by atoms with van der Waals surface area (Å²) < 4.78 is 10.7. The first-order valence-corrected chi connectivity index (χ1v) is 8.48. The van der Waals surface area contributed by atoms with Gasteiger partial charge in [0.2, 0.25) is 0 Å². The summed E-state index contributed by atoms with van der Waals surface area (Å²) >= 11 is 0. The molecule has 1 heterocycles. The van der Waals surface area contributed by atoms with Gasteiger partial charge in [0.05, 0.1) is 17.9 Å². The molecule has 0 saturated carbocycles. The maximum Gasteiger partial charge on any atom is 0.325 e. The fourth-order valence-corrected chi connectivity index (χ4v) is 2.13. The van der Waals surface area contributed by atoms with Gasteiger partial charge in [-0.25, -0.2) is 0 Å². The van der Waals surface area contributed by atoms with Crippen molar-refractivity contribution in [1.29, 1.82) is 0 Å². The molecule has 0 aliphatic rings. The minimum Gasteiger partial charge on any atom is -0.461 e. The normalized spacial score (nSPS) is 12.0. The standard InChI is InChI=1S/C18H28N2O4/c1-5-7-16(13(3)4)24-17(21)11-20-18(22)14-8-9-15(19-10-14)12-23-6-2/h8-10,13,16H,5-7,11-12H2,1-4H3,(H,20,22). The SMILES string of the molecule is CCCC(OC(=O)CNC(=O)c1ccc(COCC)nc1)C(C)C. The van der Waals surface area contributed by atoms with Crippen LogP contribution < -0.4 is 5.32 Å². The van der Waals surface area contributed by atoms with Crippen molar-refractivity contribution >= 4 is 11.9 Å². The van der Waals surface area contributed by atoms with Gasteiger partial charge in [0.25, 0.3) is 5.91 Å². The highest BCUT2D eigenvalue weighted by molar-refractivity contribution is 5.95. The number of hydrogen-bond acceptors (Lipinski definition) is 5. The van der Waals surface area contributed by atoms with E-state index in [1.165, 1.54) is 6.20 Å². The van der Waals surface area contributed by atoms with E-state index >= 15 is 0 Å². The second-order valence-corrected chi connectivity index (χ2v) is 5.92. The second-order valence-electron chi connectivity index (χ2n) is 5.92. The van der Waals surface area contributed by atoms with Crippen LogP contribution in [0.15, 0.2) is 18.3 Å². The van der Waals surface area contributed by atoms with Crippen LogP contribution in [0.3, 0.4) is 0 Å². The molecule has 1 amide bonds. The van der Waals surface area contributed by atoms with Gasteiger partial charge >= 0.3 is 5.97 Å². The van der Waals surface area contributed by atoms with Crippen LogP contribution in [0, 0.1) is 5.92 Å². The van der Waals surface area contributed by atoms with E-state index in [1.807, 2.05) is 27.7 Å². The Bertz CT molecular complexity index is 514. The molecule has 0 aliphatic carbocycles. The van der Waals surface area contributed by atoms with Crippen LogP contribution in [0.1, 0.15) is 56.6 Å². The average Bonchev–Trinajstić information content (AvgIpc) is 2.57. The van der Waals surface area contributed by atoms with Gasteiger partial charge in [0, 0.05) is 12.8 Å². The first kappa shape index (κ1) is 20.1. The van der Waals surface area contributed by atoms with Gasteiger partial charge in [-0.05, 0) is 31.4 Å². The molecule has 0 fully saturated rings. The molecule has 1 atom stereocenters. The van der Waals surface area contributed by atoms with Crippen molar-refractivity contribution in [2.45, 2.75) is 53.2 Å². The molecule has 0 spiro atoms. The monoisotopic (exact) mass is 336 g/mol. The Balaban J connectivity index is 2.45. The van der Waals surface area contributed by atoms with E-state index in [9.17, 15) is 9.59 Å². The summed E-state index contributed by atoms with van der Waals surface area (Å²) in [4.78, 5) is 28.1. The molecule has 0 saturated heterocycles. The van der Waals surface area contributed by atoms with Gasteiger partial charge in [-0.2, -0.15) is 0 Å². The van der Waals surface area contributed by atoms with Crippen molar-refractivity contribution in [3.05, 3.63) is 29.6 Å². The van der Waals surface area contributed by atoms with Gasteiger partial charge in [-0.1, -0.05) is 27.2 Å². The number of carbonyl (C=O) groups excluding carboxylic acids is 2. The second kappa shape index (κ2) is 10.8. The van der Waals surface area contributed by atoms with E-state index in [1.54, 1.807) is 12.1 Å². The van der Waals surface area contributed by atoms with Crippen LogP contribution in [0.2, 0.25) is 0 Å². The lowest BCUT2D eigenvalue weighted by Crippen LogP contribution is -2.34. The number of carbonyl (C=O) groups is 2. The van der Waals surface area contributed by atoms with Crippen molar-refractivity contribution in [2.24, 2.45) is 5.92 Å². The number of pyridine rings is 1. The topological polar surface area (TPSA) is 77.5 Å². The van der Waals surface area contributed by atoms with Crippen molar-refractivity contribution in [3.8, 4) is 0 Å². The lowest BCUT2D eigenvalue weighted by Gasteiger charge is -2.20. The fourth-order valence-electron chi connectivity index (χ4n) is 2.13. The van der Waals surface area contributed by atoms with Crippen LogP contribution in [0.4, 0.5) is 0 Å². The molecule has 1 rings (SSSR count). The lowest BCUT2D eigenvalue weighted by atomic mass is 10.0. The predicted octanol–water partition coefficient (Wildman–Crippen LogP) is 2.72. The number of aromatic nitrogens is 1. The molecule has 6 nitrogen and oxygen atoms in total. The molecule has 1 aromatic rings. The van der Waals surface area contributed by atoms with Crippen molar-refractivity contribution in [1.82, 2.24) is 10.3 Å².